The van der Waals surface area contributed by atoms with Crippen molar-refractivity contribution in [2.75, 3.05) is 0 Å². The van der Waals surface area contributed by atoms with Gasteiger partial charge in [0.1, 0.15) is 0 Å². The summed E-state index contributed by atoms with van der Waals surface area (Å²) in [6, 6.07) is 13.4. The van der Waals surface area contributed by atoms with Gasteiger partial charge in [0.05, 0.1) is 8.47 Å². The maximum atomic E-state index is 2.38. The molecule has 2 aromatic rings. The predicted molar refractivity (Wildman–Crippen MR) is 109 cm³/mol. The number of thioether (sulfide) groups is 4. The van der Waals surface area contributed by atoms with Gasteiger partial charge < -0.3 is 0 Å². The van der Waals surface area contributed by atoms with Gasteiger partial charge in [-0.05, 0) is 81.6 Å². The molecule has 20 heavy (non-hydrogen) atoms. The van der Waals surface area contributed by atoms with Crippen LogP contribution >= 0.6 is 92.2 Å². The Morgan fingerprint density at radius 2 is 0.950 bits per heavy atom. The first kappa shape index (κ1) is 14.6. The Morgan fingerprint density at radius 1 is 0.550 bits per heavy atom. The van der Waals surface area contributed by atoms with E-state index in [0.29, 0.717) is 0 Å². The molecular weight excluding hydrogens is 550 g/mol. The molecule has 0 amide bonds. The van der Waals surface area contributed by atoms with Crippen LogP contribution in [-0.2, 0) is 0 Å². The minimum Gasteiger partial charge on any atom is -0.0798 e. The number of rotatable bonds is 0. The second-order valence-electron chi connectivity index (χ2n) is 4.17. The third kappa shape index (κ3) is 2.80. The molecule has 2 aliphatic rings. The molecule has 2 aliphatic heterocycles. The standard InChI is InChI=1S/C14H6I2S4/c15-7-1-3-9-11(5-7)19-13(17-9)14-18-10-4-2-8(16)6-12(10)20-14/h1-6H/b14-13-. The van der Waals surface area contributed by atoms with Crippen LogP contribution in [0.2, 0.25) is 0 Å². The minimum absolute atomic E-state index is 1.31. The highest BCUT2D eigenvalue weighted by Gasteiger charge is 2.26. The largest absolute Gasteiger partial charge is 0.0798 e. The van der Waals surface area contributed by atoms with Gasteiger partial charge in [-0.25, -0.2) is 0 Å². The lowest BCUT2D eigenvalue weighted by molar-refractivity contribution is 1.25. The zero-order chi connectivity index (χ0) is 13.7. The molecule has 100 valence electrons. The highest BCUT2D eigenvalue weighted by Crippen LogP contribution is 2.61. The Kier molecular flexibility index (Phi) is 4.33. The van der Waals surface area contributed by atoms with Crippen LogP contribution in [0.15, 0.2) is 64.5 Å². The predicted octanol–water partition coefficient (Wildman–Crippen LogP) is 7.12. The van der Waals surface area contributed by atoms with Crippen LogP contribution in [0.4, 0.5) is 0 Å². The number of fused-ring (bicyclic) bond motifs is 2. The lowest BCUT2D eigenvalue weighted by Crippen LogP contribution is -1.72. The molecule has 0 nitrogen and oxygen atoms in total. The van der Waals surface area contributed by atoms with E-state index in [2.05, 4.69) is 81.6 Å². The zero-order valence-electron chi connectivity index (χ0n) is 9.85. The summed E-state index contributed by atoms with van der Waals surface area (Å²) in [6.45, 7) is 0. The molecule has 2 heterocycles. The van der Waals surface area contributed by atoms with Crippen LogP contribution in [0.1, 0.15) is 0 Å². The van der Waals surface area contributed by atoms with Crippen molar-refractivity contribution in [1.29, 1.82) is 0 Å². The highest BCUT2D eigenvalue weighted by molar-refractivity contribution is 14.1. The van der Waals surface area contributed by atoms with Crippen molar-refractivity contribution in [3.8, 4) is 0 Å². The maximum Gasteiger partial charge on any atom is 0.0706 e. The second-order valence-corrected chi connectivity index (χ2v) is 11.4. The van der Waals surface area contributed by atoms with Crippen LogP contribution in [-0.4, -0.2) is 0 Å². The summed E-state index contributed by atoms with van der Waals surface area (Å²) in [5.41, 5.74) is 0. The van der Waals surface area contributed by atoms with Crippen molar-refractivity contribution in [2.24, 2.45) is 0 Å². The van der Waals surface area contributed by atoms with Crippen LogP contribution in [0.3, 0.4) is 0 Å². The zero-order valence-corrected chi connectivity index (χ0v) is 17.4. The summed E-state index contributed by atoms with van der Waals surface area (Å²) in [6.07, 6.45) is 0. The van der Waals surface area contributed by atoms with E-state index < -0.39 is 0 Å². The molecule has 0 unspecified atom stereocenters. The Bertz CT molecular complexity index is 691. The number of hydrogen-bond acceptors (Lipinski definition) is 4. The lowest BCUT2D eigenvalue weighted by Gasteiger charge is -1.98. The molecule has 0 radical (unpaired) electrons. The molecule has 0 saturated heterocycles. The van der Waals surface area contributed by atoms with E-state index in [-0.39, 0.29) is 0 Å². The molecule has 0 bridgehead atoms. The number of halogens is 2. The van der Waals surface area contributed by atoms with Crippen molar-refractivity contribution in [3.63, 3.8) is 0 Å². The summed E-state index contributed by atoms with van der Waals surface area (Å²) in [5, 5.41) is 0. The van der Waals surface area contributed by atoms with Gasteiger partial charge in [0.2, 0.25) is 0 Å². The third-order valence-electron chi connectivity index (χ3n) is 2.79. The fourth-order valence-corrected chi connectivity index (χ4v) is 8.65. The average Bonchev–Trinajstić information content (AvgIpc) is 3.00. The van der Waals surface area contributed by atoms with Gasteiger partial charge in [0, 0.05) is 26.7 Å². The van der Waals surface area contributed by atoms with E-state index in [4.69, 9.17) is 0 Å². The fraction of sp³-hybridized carbons (Fsp3) is 0. The Labute approximate surface area is 162 Å². The van der Waals surface area contributed by atoms with Crippen molar-refractivity contribution in [2.45, 2.75) is 19.6 Å². The molecule has 0 spiro atoms. The SMILES string of the molecule is Ic1ccc2c(c1)S/C(=C1/Sc3ccc(I)cc3S1)S2. The summed E-state index contributed by atoms with van der Waals surface area (Å²) in [5.74, 6) is 0. The smallest absolute Gasteiger partial charge is 0.0706 e. The van der Waals surface area contributed by atoms with Gasteiger partial charge in [-0.2, -0.15) is 0 Å². The summed E-state index contributed by atoms with van der Waals surface area (Å²) >= 11 is 12.4. The Hall–Kier alpha value is 1.04. The van der Waals surface area contributed by atoms with E-state index in [1.807, 2.05) is 47.0 Å². The minimum atomic E-state index is 1.31. The van der Waals surface area contributed by atoms with E-state index in [9.17, 15) is 0 Å². The molecule has 6 heteroatoms. The summed E-state index contributed by atoms with van der Waals surface area (Å²) < 4.78 is 5.49. The van der Waals surface area contributed by atoms with Crippen molar-refractivity contribution in [1.82, 2.24) is 0 Å². The Balaban J connectivity index is 1.68. The van der Waals surface area contributed by atoms with Crippen LogP contribution < -0.4 is 0 Å². The maximum absolute atomic E-state index is 2.38. The van der Waals surface area contributed by atoms with Crippen LogP contribution in [0.25, 0.3) is 0 Å². The molecule has 0 aliphatic carbocycles. The van der Waals surface area contributed by atoms with Crippen molar-refractivity contribution in [3.05, 3.63) is 52.0 Å². The number of benzene rings is 2. The molecule has 0 aromatic heterocycles. The molecule has 4 rings (SSSR count). The van der Waals surface area contributed by atoms with Gasteiger partial charge in [-0.1, -0.05) is 47.0 Å². The van der Waals surface area contributed by atoms with Gasteiger partial charge >= 0.3 is 0 Å². The second kappa shape index (κ2) is 5.92. The monoisotopic (exact) mass is 556 g/mol. The van der Waals surface area contributed by atoms with E-state index in [0.717, 1.165) is 0 Å². The molecule has 0 atom stereocenters. The molecule has 2 aromatic carbocycles. The van der Waals surface area contributed by atoms with Crippen molar-refractivity contribution >= 4 is 92.2 Å². The molecular formula is C14H6I2S4. The summed E-state index contributed by atoms with van der Waals surface area (Å²) in [4.78, 5) is 5.58. The summed E-state index contributed by atoms with van der Waals surface area (Å²) in [7, 11) is 0. The fourth-order valence-electron chi connectivity index (χ4n) is 1.90. The quantitative estimate of drug-likeness (QED) is 0.317. The molecule has 0 N–H and O–H groups in total. The van der Waals surface area contributed by atoms with Crippen LogP contribution in [0, 0.1) is 7.14 Å². The number of hydrogen-bond donors (Lipinski definition) is 0. The van der Waals surface area contributed by atoms with Gasteiger partial charge in [-0.15, -0.1) is 0 Å². The lowest BCUT2D eigenvalue weighted by atomic mass is 10.4. The van der Waals surface area contributed by atoms with Gasteiger partial charge in [-0.3, -0.25) is 0 Å². The van der Waals surface area contributed by atoms with E-state index in [1.54, 1.807) is 0 Å². The van der Waals surface area contributed by atoms with Crippen molar-refractivity contribution < 1.29 is 0 Å². The third-order valence-corrected chi connectivity index (χ3v) is 9.73. The van der Waals surface area contributed by atoms with E-state index in [1.165, 1.54) is 35.2 Å². The Morgan fingerprint density at radius 3 is 1.40 bits per heavy atom. The molecule has 0 fully saturated rings. The first-order chi connectivity index (χ1) is 9.69. The normalized spacial score (nSPS) is 20.1. The van der Waals surface area contributed by atoms with Crippen LogP contribution in [0.5, 0.6) is 0 Å². The van der Waals surface area contributed by atoms with Gasteiger partial charge in [0.15, 0.2) is 0 Å². The topological polar surface area (TPSA) is 0 Å². The van der Waals surface area contributed by atoms with Gasteiger partial charge in [0.25, 0.3) is 0 Å². The highest BCUT2D eigenvalue weighted by atomic mass is 127. The first-order valence-electron chi connectivity index (χ1n) is 5.74. The average molecular weight is 556 g/mol. The first-order valence-corrected chi connectivity index (χ1v) is 11.2. The van der Waals surface area contributed by atoms with E-state index >= 15 is 0 Å². The molecule has 0 saturated carbocycles.